The van der Waals surface area contributed by atoms with E-state index < -0.39 is 0 Å². The number of ether oxygens (including phenoxy) is 2. The van der Waals surface area contributed by atoms with E-state index >= 15 is 0 Å². The van der Waals surface area contributed by atoms with Crippen LogP contribution >= 0.6 is 0 Å². The van der Waals surface area contributed by atoms with Crippen molar-refractivity contribution in [2.75, 3.05) is 39.9 Å². The normalized spacial score (nSPS) is 21.1. The van der Waals surface area contributed by atoms with E-state index in [-0.39, 0.29) is 23.8 Å². The van der Waals surface area contributed by atoms with Gasteiger partial charge in [-0.15, -0.1) is 6.58 Å². The zero-order chi connectivity index (χ0) is 23.2. The Labute approximate surface area is 195 Å². The molecule has 0 aromatic heterocycles. The summed E-state index contributed by atoms with van der Waals surface area (Å²) in [4.78, 5) is 30.1. The van der Waals surface area contributed by atoms with Crippen molar-refractivity contribution in [1.29, 1.82) is 0 Å². The number of nitrogens with zero attached hydrogens (tertiary/aromatic N) is 2. The van der Waals surface area contributed by atoms with Gasteiger partial charge in [-0.2, -0.15) is 0 Å². The maximum Gasteiger partial charge on any atom is 0.251 e. The van der Waals surface area contributed by atoms with Crippen molar-refractivity contribution >= 4 is 11.8 Å². The third-order valence-electron chi connectivity index (χ3n) is 6.42. The lowest BCUT2D eigenvalue weighted by atomic mass is 9.94. The van der Waals surface area contributed by atoms with E-state index in [1.807, 2.05) is 46.2 Å². The van der Waals surface area contributed by atoms with Gasteiger partial charge in [-0.1, -0.05) is 42.5 Å². The molecule has 2 aliphatic rings. The summed E-state index contributed by atoms with van der Waals surface area (Å²) in [6, 6.07) is 16.2. The van der Waals surface area contributed by atoms with Gasteiger partial charge in [-0.25, -0.2) is 0 Å². The van der Waals surface area contributed by atoms with Gasteiger partial charge in [0.1, 0.15) is 11.9 Å². The largest absolute Gasteiger partial charge is 0.497 e. The standard InChI is InChI=1S/C27H32N2O4/c1-3-12-28-13-14-29(27(31)25-11-6-15-33-25)19-23(26(28)30)17-20-7-4-8-21(16-20)22-9-5-10-24(18-22)32-2/h3-5,7-10,16,18,23,25H,1,6,11-15,17,19H2,2H3. The molecule has 0 N–H and O–H groups in total. The minimum absolute atomic E-state index is 0.0101. The highest BCUT2D eigenvalue weighted by Crippen LogP contribution is 2.26. The van der Waals surface area contributed by atoms with Crippen molar-refractivity contribution in [1.82, 2.24) is 9.80 Å². The zero-order valence-electron chi connectivity index (χ0n) is 19.2. The van der Waals surface area contributed by atoms with E-state index in [1.54, 1.807) is 13.2 Å². The molecule has 0 radical (unpaired) electrons. The van der Waals surface area contributed by atoms with Crippen LogP contribution in [0.4, 0.5) is 0 Å². The molecule has 2 amide bonds. The molecule has 33 heavy (non-hydrogen) atoms. The van der Waals surface area contributed by atoms with Gasteiger partial charge < -0.3 is 19.3 Å². The predicted octanol–water partition coefficient (Wildman–Crippen LogP) is 3.56. The molecule has 174 valence electrons. The number of carbonyl (C=O) groups is 2. The second-order valence-electron chi connectivity index (χ2n) is 8.69. The van der Waals surface area contributed by atoms with Crippen LogP contribution in [-0.2, 0) is 20.7 Å². The van der Waals surface area contributed by atoms with E-state index in [0.717, 1.165) is 35.3 Å². The van der Waals surface area contributed by atoms with Gasteiger partial charge in [0.2, 0.25) is 5.91 Å². The van der Waals surface area contributed by atoms with Crippen LogP contribution in [-0.4, -0.2) is 67.6 Å². The quantitative estimate of drug-likeness (QED) is 0.608. The molecule has 2 aromatic carbocycles. The van der Waals surface area contributed by atoms with Gasteiger partial charge >= 0.3 is 0 Å². The fourth-order valence-corrected chi connectivity index (χ4v) is 4.68. The van der Waals surface area contributed by atoms with Crippen molar-refractivity contribution in [2.45, 2.75) is 25.4 Å². The van der Waals surface area contributed by atoms with Gasteiger partial charge in [0, 0.05) is 32.8 Å². The van der Waals surface area contributed by atoms with Crippen LogP contribution in [0.1, 0.15) is 18.4 Å². The number of amides is 2. The van der Waals surface area contributed by atoms with Crippen LogP contribution in [0.2, 0.25) is 0 Å². The lowest BCUT2D eigenvalue weighted by Gasteiger charge is -2.25. The average molecular weight is 449 g/mol. The molecule has 2 saturated heterocycles. The van der Waals surface area contributed by atoms with Crippen LogP contribution in [0.5, 0.6) is 5.75 Å². The van der Waals surface area contributed by atoms with Gasteiger partial charge in [-0.05, 0) is 48.1 Å². The van der Waals surface area contributed by atoms with Crippen LogP contribution < -0.4 is 4.74 Å². The molecule has 2 aromatic rings. The second-order valence-corrected chi connectivity index (χ2v) is 8.69. The Balaban J connectivity index is 1.56. The lowest BCUT2D eigenvalue weighted by Crippen LogP contribution is -2.42. The molecule has 2 aliphatic heterocycles. The molecule has 0 saturated carbocycles. The maximum absolute atomic E-state index is 13.4. The summed E-state index contributed by atoms with van der Waals surface area (Å²) in [6.07, 6.45) is 3.61. The van der Waals surface area contributed by atoms with Gasteiger partial charge in [0.25, 0.3) is 5.91 Å². The molecule has 0 spiro atoms. The van der Waals surface area contributed by atoms with Crippen molar-refractivity contribution < 1.29 is 19.1 Å². The lowest BCUT2D eigenvalue weighted by molar-refractivity contribution is -0.141. The molecule has 4 rings (SSSR count). The number of hydrogen-bond donors (Lipinski definition) is 0. The summed E-state index contributed by atoms with van der Waals surface area (Å²) in [6.45, 7) is 6.37. The monoisotopic (exact) mass is 448 g/mol. The van der Waals surface area contributed by atoms with E-state index in [9.17, 15) is 9.59 Å². The predicted molar refractivity (Wildman–Crippen MR) is 128 cm³/mol. The molecule has 6 nitrogen and oxygen atoms in total. The third-order valence-corrected chi connectivity index (χ3v) is 6.42. The van der Waals surface area contributed by atoms with Crippen LogP contribution in [0.15, 0.2) is 61.2 Å². The molecular weight excluding hydrogens is 416 g/mol. The van der Waals surface area contributed by atoms with E-state index in [2.05, 4.69) is 18.7 Å². The first-order valence-corrected chi connectivity index (χ1v) is 11.6. The maximum atomic E-state index is 13.4. The average Bonchev–Trinajstić information content (AvgIpc) is 3.34. The smallest absolute Gasteiger partial charge is 0.251 e. The fraction of sp³-hybridized carbons (Fsp3) is 0.407. The summed E-state index contributed by atoms with van der Waals surface area (Å²) in [5.41, 5.74) is 3.20. The Morgan fingerprint density at radius 2 is 1.97 bits per heavy atom. The highest BCUT2D eigenvalue weighted by atomic mass is 16.5. The topological polar surface area (TPSA) is 59.1 Å². The van der Waals surface area contributed by atoms with E-state index in [1.165, 1.54) is 0 Å². The summed E-state index contributed by atoms with van der Waals surface area (Å²) in [5, 5.41) is 0. The van der Waals surface area contributed by atoms with Crippen LogP contribution in [0, 0.1) is 5.92 Å². The molecule has 0 bridgehead atoms. The van der Waals surface area contributed by atoms with Crippen molar-refractivity contribution in [3.8, 4) is 16.9 Å². The first kappa shape index (κ1) is 23.1. The molecule has 2 heterocycles. The molecule has 2 unspecified atom stereocenters. The van der Waals surface area contributed by atoms with Gasteiger partial charge in [0.15, 0.2) is 0 Å². The summed E-state index contributed by atoms with van der Waals surface area (Å²) < 4.78 is 11.0. The summed E-state index contributed by atoms with van der Waals surface area (Å²) in [5.74, 6) is 0.582. The first-order chi connectivity index (χ1) is 16.1. The highest BCUT2D eigenvalue weighted by molar-refractivity contribution is 5.84. The number of carbonyl (C=O) groups excluding carboxylic acids is 2. The minimum Gasteiger partial charge on any atom is -0.497 e. The van der Waals surface area contributed by atoms with E-state index in [0.29, 0.717) is 39.2 Å². The Hall–Kier alpha value is -3.12. The Morgan fingerprint density at radius 3 is 2.70 bits per heavy atom. The van der Waals surface area contributed by atoms with E-state index in [4.69, 9.17) is 9.47 Å². The van der Waals surface area contributed by atoms with Gasteiger partial charge in [-0.3, -0.25) is 9.59 Å². The molecule has 0 aliphatic carbocycles. The zero-order valence-corrected chi connectivity index (χ0v) is 19.2. The molecule has 2 atom stereocenters. The van der Waals surface area contributed by atoms with Gasteiger partial charge in [0.05, 0.1) is 13.0 Å². The molecular formula is C27H32N2O4. The number of rotatable bonds is 7. The van der Waals surface area contributed by atoms with Crippen LogP contribution in [0.25, 0.3) is 11.1 Å². The van der Waals surface area contributed by atoms with Crippen molar-refractivity contribution in [3.63, 3.8) is 0 Å². The summed E-state index contributed by atoms with van der Waals surface area (Å²) in [7, 11) is 1.66. The number of benzene rings is 2. The fourth-order valence-electron chi connectivity index (χ4n) is 4.68. The summed E-state index contributed by atoms with van der Waals surface area (Å²) >= 11 is 0. The van der Waals surface area contributed by atoms with Crippen LogP contribution in [0.3, 0.4) is 0 Å². The third kappa shape index (κ3) is 5.45. The Bertz CT molecular complexity index is 999. The first-order valence-electron chi connectivity index (χ1n) is 11.6. The van der Waals surface area contributed by atoms with Crippen molar-refractivity contribution in [2.24, 2.45) is 5.92 Å². The Kier molecular flexibility index (Phi) is 7.45. The number of hydrogen-bond acceptors (Lipinski definition) is 4. The Morgan fingerprint density at radius 1 is 1.18 bits per heavy atom. The van der Waals surface area contributed by atoms with Crippen molar-refractivity contribution in [3.05, 3.63) is 66.7 Å². The highest BCUT2D eigenvalue weighted by Gasteiger charge is 2.35. The second kappa shape index (κ2) is 10.7. The minimum atomic E-state index is -0.372. The SMILES string of the molecule is C=CCN1CCN(C(=O)C2CCCO2)CC(Cc2cccc(-c3cccc(OC)c3)c2)C1=O. The molecule has 6 heteroatoms. The number of methoxy groups -OCH3 is 1. The molecule has 2 fully saturated rings.